The van der Waals surface area contributed by atoms with Gasteiger partial charge in [0.05, 0.1) is 17.0 Å². The van der Waals surface area contributed by atoms with Gasteiger partial charge in [-0.25, -0.2) is 4.79 Å². The smallest absolute Gasteiger partial charge is 0.326 e. The van der Waals surface area contributed by atoms with Crippen molar-refractivity contribution in [2.45, 2.75) is 12.5 Å². The minimum Gasteiger partial charge on any atom is -0.480 e. The fraction of sp³-hybridized carbons (Fsp3) is 0.182. The summed E-state index contributed by atoms with van der Waals surface area (Å²) in [5.74, 6) is -2.96. The molecule has 0 fully saturated rings. The molecule has 0 aromatic heterocycles. The van der Waals surface area contributed by atoms with Crippen LogP contribution in [-0.2, 0) is 9.59 Å². The Bertz CT molecular complexity index is 533. The molecule has 1 atom stereocenters. The zero-order valence-corrected chi connectivity index (χ0v) is 11.0. The number of carboxylic acid groups (broad SMARTS) is 1. The predicted octanol–water partition coefficient (Wildman–Crippen LogP) is 1.05. The van der Waals surface area contributed by atoms with Gasteiger partial charge in [-0.1, -0.05) is 23.2 Å². The van der Waals surface area contributed by atoms with Crippen LogP contribution in [0.25, 0.3) is 0 Å². The molecule has 0 spiro atoms. The Morgan fingerprint density at radius 3 is 2.47 bits per heavy atom. The van der Waals surface area contributed by atoms with Crippen LogP contribution >= 0.6 is 23.2 Å². The molecule has 0 aliphatic rings. The fourth-order valence-corrected chi connectivity index (χ4v) is 1.68. The van der Waals surface area contributed by atoms with E-state index >= 15 is 0 Å². The average Bonchev–Trinajstić information content (AvgIpc) is 2.30. The molecule has 8 heteroatoms. The summed E-state index contributed by atoms with van der Waals surface area (Å²) >= 11 is 11.5. The first kappa shape index (κ1) is 15.3. The number of halogens is 2. The molecule has 2 amide bonds. The lowest BCUT2D eigenvalue weighted by Gasteiger charge is -2.13. The van der Waals surface area contributed by atoms with E-state index in [4.69, 9.17) is 34.0 Å². The lowest BCUT2D eigenvalue weighted by atomic mass is 10.1. The number of carbonyl (C=O) groups excluding carboxylic acids is 2. The molecule has 0 aliphatic heterocycles. The molecule has 0 unspecified atom stereocenters. The highest BCUT2D eigenvalue weighted by Gasteiger charge is 2.23. The third kappa shape index (κ3) is 4.42. The Morgan fingerprint density at radius 1 is 1.32 bits per heavy atom. The van der Waals surface area contributed by atoms with Crippen molar-refractivity contribution < 1.29 is 19.5 Å². The van der Waals surface area contributed by atoms with Gasteiger partial charge in [0.25, 0.3) is 5.91 Å². The number of hydrogen-bond acceptors (Lipinski definition) is 3. The first-order valence-corrected chi connectivity index (χ1v) is 5.84. The molecule has 0 heterocycles. The largest absolute Gasteiger partial charge is 0.480 e. The highest BCUT2D eigenvalue weighted by atomic mass is 35.5. The zero-order valence-electron chi connectivity index (χ0n) is 9.52. The number of hydrogen-bond donors (Lipinski definition) is 3. The summed E-state index contributed by atoms with van der Waals surface area (Å²) in [6.07, 6.45) is -0.515. The van der Waals surface area contributed by atoms with E-state index in [1.807, 2.05) is 0 Å². The highest BCUT2D eigenvalue weighted by molar-refractivity contribution is 6.35. The number of nitrogens with one attached hydrogen (secondary N) is 1. The highest BCUT2D eigenvalue weighted by Crippen LogP contribution is 2.20. The van der Waals surface area contributed by atoms with Crippen LogP contribution in [0.3, 0.4) is 0 Å². The van der Waals surface area contributed by atoms with Gasteiger partial charge in [0.1, 0.15) is 6.04 Å². The summed E-state index contributed by atoms with van der Waals surface area (Å²) in [5.41, 5.74) is 4.92. The quantitative estimate of drug-likeness (QED) is 0.755. The second kappa shape index (κ2) is 6.40. The first-order valence-electron chi connectivity index (χ1n) is 5.08. The molecular weight excluding hydrogens is 295 g/mol. The molecule has 4 N–H and O–H groups in total. The number of amides is 2. The van der Waals surface area contributed by atoms with E-state index in [1.54, 1.807) is 0 Å². The summed E-state index contributed by atoms with van der Waals surface area (Å²) in [6, 6.07) is 2.77. The third-order valence-electron chi connectivity index (χ3n) is 2.18. The molecule has 1 aromatic carbocycles. The van der Waals surface area contributed by atoms with Gasteiger partial charge < -0.3 is 16.2 Å². The van der Waals surface area contributed by atoms with Crippen LogP contribution in [0.15, 0.2) is 18.2 Å². The molecule has 19 heavy (non-hydrogen) atoms. The van der Waals surface area contributed by atoms with Crippen molar-refractivity contribution in [3.8, 4) is 0 Å². The van der Waals surface area contributed by atoms with Gasteiger partial charge in [0, 0.05) is 5.02 Å². The van der Waals surface area contributed by atoms with Crippen LogP contribution in [0.2, 0.25) is 10.0 Å². The summed E-state index contributed by atoms with van der Waals surface area (Å²) < 4.78 is 0. The van der Waals surface area contributed by atoms with Crippen molar-refractivity contribution >= 4 is 41.0 Å². The van der Waals surface area contributed by atoms with E-state index in [0.29, 0.717) is 0 Å². The normalized spacial score (nSPS) is 11.7. The molecule has 0 saturated heterocycles. The van der Waals surface area contributed by atoms with Gasteiger partial charge in [0.2, 0.25) is 5.91 Å². The minimum absolute atomic E-state index is 0.0184. The molecule has 1 aromatic rings. The van der Waals surface area contributed by atoms with Crippen LogP contribution in [0.4, 0.5) is 0 Å². The van der Waals surface area contributed by atoms with E-state index in [9.17, 15) is 14.4 Å². The third-order valence-corrected chi connectivity index (χ3v) is 2.75. The van der Waals surface area contributed by atoms with Crippen molar-refractivity contribution in [2.24, 2.45) is 5.73 Å². The molecule has 102 valence electrons. The van der Waals surface area contributed by atoms with E-state index in [2.05, 4.69) is 5.32 Å². The predicted molar refractivity (Wildman–Crippen MR) is 69.2 cm³/mol. The number of benzene rings is 1. The Labute approximate surface area is 118 Å². The van der Waals surface area contributed by atoms with E-state index in [-0.39, 0.29) is 15.6 Å². The monoisotopic (exact) mass is 304 g/mol. The minimum atomic E-state index is -1.42. The SMILES string of the molecule is NC(=O)C[C@H](NC(=O)c1cc(Cl)ccc1Cl)C(=O)O. The molecule has 1 rings (SSSR count). The van der Waals surface area contributed by atoms with Gasteiger partial charge in [0.15, 0.2) is 0 Å². The van der Waals surface area contributed by atoms with Gasteiger partial charge in [-0.15, -0.1) is 0 Å². The van der Waals surface area contributed by atoms with Crippen LogP contribution in [0.1, 0.15) is 16.8 Å². The van der Waals surface area contributed by atoms with Gasteiger partial charge in [-0.05, 0) is 18.2 Å². The van der Waals surface area contributed by atoms with Gasteiger partial charge >= 0.3 is 5.97 Å². The topological polar surface area (TPSA) is 109 Å². The molecule has 0 bridgehead atoms. The molecule has 0 radical (unpaired) electrons. The lowest BCUT2D eigenvalue weighted by Crippen LogP contribution is -2.43. The van der Waals surface area contributed by atoms with Gasteiger partial charge in [-0.2, -0.15) is 0 Å². The van der Waals surface area contributed by atoms with Crippen molar-refractivity contribution in [1.29, 1.82) is 0 Å². The fourth-order valence-electron chi connectivity index (χ4n) is 1.31. The zero-order chi connectivity index (χ0) is 14.6. The van der Waals surface area contributed by atoms with E-state index < -0.39 is 30.2 Å². The van der Waals surface area contributed by atoms with Crippen LogP contribution in [-0.4, -0.2) is 28.9 Å². The summed E-state index contributed by atoms with van der Waals surface area (Å²) in [4.78, 5) is 33.4. The van der Waals surface area contributed by atoms with Crippen molar-refractivity contribution in [3.63, 3.8) is 0 Å². The standard InChI is InChI=1S/C11H10Cl2N2O4/c12-5-1-2-7(13)6(3-5)10(17)15-8(11(18)19)4-9(14)16/h1-3,8H,4H2,(H2,14,16)(H,15,17)(H,18,19)/t8-/m0/s1. The Balaban J connectivity index is 2.90. The number of rotatable bonds is 5. The maximum absolute atomic E-state index is 11.8. The molecule has 0 saturated carbocycles. The summed E-state index contributed by atoms with van der Waals surface area (Å²) in [6.45, 7) is 0. The second-order valence-electron chi connectivity index (χ2n) is 3.66. The van der Waals surface area contributed by atoms with Crippen LogP contribution < -0.4 is 11.1 Å². The maximum Gasteiger partial charge on any atom is 0.326 e. The van der Waals surface area contributed by atoms with Crippen molar-refractivity contribution in [2.75, 3.05) is 0 Å². The number of nitrogens with two attached hydrogens (primary N) is 1. The van der Waals surface area contributed by atoms with Crippen LogP contribution in [0.5, 0.6) is 0 Å². The van der Waals surface area contributed by atoms with E-state index in [0.717, 1.165) is 0 Å². The number of carboxylic acids is 1. The van der Waals surface area contributed by atoms with Crippen molar-refractivity contribution in [3.05, 3.63) is 33.8 Å². The Morgan fingerprint density at radius 2 is 1.95 bits per heavy atom. The molecular formula is C11H10Cl2N2O4. The van der Waals surface area contributed by atoms with E-state index in [1.165, 1.54) is 18.2 Å². The van der Waals surface area contributed by atoms with Gasteiger partial charge in [-0.3, -0.25) is 9.59 Å². The summed E-state index contributed by atoms with van der Waals surface area (Å²) in [5, 5.41) is 11.4. The molecule has 0 aliphatic carbocycles. The molecule has 6 nitrogen and oxygen atoms in total. The number of aliphatic carboxylic acids is 1. The number of carbonyl (C=O) groups is 3. The first-order chi connectivity index (χ1) is 8.81. The van der Waals surface area contributed by atoms with Crippen LogP contribution in [0, 0.1) is 0 Å². The summed E-state index contributed by atoms with van der Waals surface area (Å²) in [7, 11) is 0. The lowest BCUT2D eigenvalue weighted by molar-refractivity contribution is -0.140. The Kier molecular flexibility index (Phi) is 5.14. The number of primary amides is 1. The van der Waals surface area contributed by atoms with Crippen molar-refractivity contribution in [1.82, 2.24) is 5.32 Å². The Hall–Kier alpha value is -1.79. The average molecular weight is 305 g/mol. The maximum atomic E-state index is 11.8. The second-order valence-corrected chi connectivity index (χ2v) is 4.50.